The molecule has 7 heteroatoms. The quantitative estimate of drug-likeness (QED) is 0.654. The Labute approximate surface area is 141 Å². The second-order valence-corrected chi connectivity index (χ2v) is 5.93. The summed E-state index contributed by atoms with van der Waals surface area (Å²) in [6.07, 6.45) is -0.958. The highest BCUT2D eigenvalue weighted by molar-refractivity contribution is 7.96. The summed E-state index contributed by atoms with van der Waals surface area (Å²) >= 11 is 3.65. The van der Waals surface area contributed by atoms with Crippen LogP contribution in [0.15, 0.2) is 24.3 Å². The monoisotopic (exact) mass is 338 g/mol. The first-order valence-corrected chi connectivity index (χ1v) is 7.90. The SMILES string of the molecule is COCc1ccc(C(OC(=O)S)C(=O)N2CCN(C)CC2)cc1. The van der Waals surface area contributed by atoms with Crippen molar-refractivity contribution in [2.75, 3.05) is 40.3 Å². The molecular formula is C16H22N2O4S. The van der Waals surface area contributed by atoms with Crippen LogP contribution >= 0.6 is 12.6 Å². The molecule has 0 aliphatic carbocycles. The van der Waals surface area contributed by atoms with Gasteiger partial charge in [0.2, 0.25) is 6.10 Å². The van der Waals surface area contributed by atoms with E-state index in [9.17, 15) is 9.59 Å². The molecule has 23 heavy (non-hydrogen) atoms. The van der Waals surface area contributed by atoms with Crippen molar-refractivity contribution in [2.45, 2.75) is 12.7 Å². The third-order valence-electron chi connectivity index (χ3n) is 3.85. The number of rotatable bonds is 5. The third-order valence-corrected chi connectivity index (χ3v) is 3.96. The molecule has 0 spiro atoms. The summed E-state index contributed by atoms with van der Waals surface area (Å²) in [6, 6.07) is 7.28. The van der Waals surface area contributed by atoms with E-state index in [2.05, 4.69) is 17.5 Å². The molecule has 1 unspecified atom stereocenters. The zero-order valence-electron chi connectivity index (χ0n) is 13.4. The van der Waals surface area contributed by atoms with Gasteiger partial charge in [-0.15, -0.1) is 0 Å². The van der Waals surface area contributed by atoms with Gasteiger partial charge in [0.05, 0.1) is 6.61 Å². The zero-order chi connectivity index (χ0) is 16.8. The van der Waals surface area contributed by atoms with Gasteiger partial charge in [0, 0.05) is 38.9 Å². The van der Waals surface area contributed by atoms with Crippen LogP contribution in [-0.2, 0) is 20.9 Å². The molecule has 0 bridgehead atoms. The molecule has 0 radical (unpaired) electrons. The lowest BCUT2D eigenvalue weighted by Gasteiger charge is -2.34. The number of benzene rings is 1. The summed E-state index contributed by atoms with van der Waals surface area (Å²) < 4.78 is 10.2. The van der Waals surface area contributed by atoms with E-state index in [-0.39, 0.29) is 5.91 Å². The number of piperazine rings is 1. The van der Waals surface area contributed by atoms with Gasteiger partial charge in [-0.2, -0.15) is 0 Å². The molecule has 1 aromatic carbocycles. The van der Waals surface area contributed by atoms with E-state index in [4.69, 9.17) is 9.47 Å². The van der Waals surface area contributed by atoms with Gasteiger partial charge < -0.3 is 19.3 Å². The molecule has 1 aliphatic heterocycles. The van der Waals surface area contributed by atoms with E-state index < -0.39 is 11.4 Å². The van der Waals surface area contributed by atoms with Gasteiger partial charge in [0.1, 0.15) is 0 Å². The lowest BCUT2D eigenvalue weighted by molar-refractivity contribution is -0.141. The summed E-state index contributed by atoms with van der Waals surface area (Å²) in [7, 11) is 3.64. The largest absolute Gasteiger partial charge is 0.439 e. The number of amides is 1. The first kappa shape index (κ1) is 17.8. The number of carbonyl (C=O) groups is 2. The predicted octanol–water partition coefficient (Wildman–Crippen LogP) is 1.71. The number of ether oxygens (including phenoxy) is 2. The van der Waals surface area contributed by atoms with Crippen LogP contribution in [0.4, 0.5) is 4.79 Å². The van der Waals surface area contributed by atoms with E-state index in [1.165, 1.54) is 0 Å². The summed E-state index contributed by atoms with van der Waals surface area (Å²) in [5.41, 5.74) is 1.62. The maximum atomic E-state index is 12.7. The van der Waals surface area contributed by atoms with Crippen LogP contribution in [0, 0.1) is 0 Å². The highest BCUT2D eigenvalue weighted by Crippen LogP contribution is 2.23. The number of thiol groups is 1. The molecule has 1 heterocycles. The topological polar surface area (TPSA) is 59.1 Å². The van der Waals surface area contributed by atoms with Gasteiger partial charge in [-0.3, -0.25) is 4.79 Å². The first-order chi connectivity index (χ1) is 11.0. The summed E-state index contributed by atoms with van der Waals surface area (Å²) in [6.45, 7) is 3.35. The Hall–Kier alpha value is -1.57. The average molecular weight is 338 g/mol. The molecule has 1 atom stereocenters. The molecule has 1 fully saturated rings. The Morgan fingerprint density at radius 2 is 1.78 bits per heavy atom. The molecule has 1 aromatic rings. The van der Waals surface area contributed by atoms with Crippen molar-refractivity contribution >= 4 is 23.8 Å². The van der Waals surface area contributed by atoms with Crippen molar-refractivity contribution in [3.05, 3.63) is 35.4 Å². The zero-order valence-corrected chi connectivity index (χ0v) is 14.3. The van der Waals surface area contributed by atoms with Crippen LogP contribution in [0.2, 0.25) is 0 Å². The maximum absolute atomic E-state index is 12.7. The van der Waals surface area contributed by atoms with Crippen LogP contribution in [0.1, 0.15) is 17.2 Å². The fourth-order valence-electron chi connectivity index (χ4n) is 2.51. The second-order valence-electron chi connectivity index (χ2n) is 5.57. The average Bonchev–Trinajstić information content (AvgIpc) is 2.54. The van der Waals surface area contributed by atoms with Crippen molar-refractivity contribution in [2.24, 2.45) is 0 Å². The molecule has 2 rings (SSSR count). The molecule has 126 valence electrons. The summed E-state index contributed by atoms with van der Waals surface area (Å²) in [5.74, 6) is -0.208. The number of methoxy groups -OCH3 is 1. The van der Waals surface area contributed by atoms with Crippen molar-refractivity contribution in [1.82, 2.24) is 9.80 Å². The van der Waals surface area contributed by atoms with Crippen LogP contribution in [-0.4, -0.2) is 61.3 Å². The van der Waals surface area contributed by atoms with Crippen molar-refractivity contribution in [1.29, 1.82) is 0 Å². The van der Waals surface area contributed by atoms with Crippen LogP contribution in [0.25, 0.3) is 0 Å². The van der Waals surface area contributed by atoms with Gasteiger partial charge in [-0.1, -0.05) is 36.9 Å². The highest BCUT2D eigenvalue weighted by Gasteiger charge is 2.30. The molecular weight excluding hydrogens is 316 g/mol. The standard InChI is InChI=1S/C16H22N2O4S/c1-17-7-9-18(10-8-17)15(19)14(22-16(20)23)13-5-3-12(4-6-13)11-21-2/h3-6,14H,7-11H2,1-2H3,(H,20,23). The van der Waals surface area contributed by atoms with E-state index in [1.807, 2.05) is 19.2 Å². The Bertz CT molecular complexity index is 542. The number of likely N-dealkylation sites (N-methyl/N-ethyl adjacent to an activating group) is 1. The second kappa shape index (κ2) is 8.33. The number of hydrogen-bond donors (Lipinski definition) is 1. The third kappa shape index (κ3) is 4.95. The fraction of sp³-hybridized carbons (Fsp3) is 0.500. The van der Waals surface area contributed by atoms with Crippen LogP contribution in [0.3, 0.4) is 0 Å². The fourth-order valence-corrected chi connectivity index (χ4v) is 2.62. The Morgan fingerprint density at radius 1 is 1.17 bits per heavy atom. The molecule has 0 N–H and O–H groups in total. The highest BCUT2D eigenvalue weighted by atomic mass is 32.1. The van der Waals surface area contributed by atoms with E-state index in [0.717, 1.165) is 18.7 Å². The van der Waals surface area contributed by atoms with Crippen molar-refractivity contribution in [3.63, 3.8) is 0 Å². The molecule has 1 saturated heterocycles. The van der Waals surface area contributed by atoms with E-state index in [1.54, 1.807) is 24.1 Å². The predicted molar refractivity (Wildman–Crippen MR) is 89.4 cm³/mol. The first-order valence-electron chi connectivity index (χ1n) is 7.46. The minimum atomic E-state index is -0.958. The summed E-state index contributed by atoms with van der Waals surface area (Å²) in [5, 5.41) is -0.765. The van der Waals surface area contributed by atoms with Gasteiger partial charge >= 0.3 is 5.30 Å². The van der Waals surface area contributed by atoms with Gasteiger partial charge in [-0.25, -0.2) is 4.79 Å². The molecule has 1 aliphatic rings. The number of hydrogen-bond acceptors (Lipinski definition) is 5. The van der Waals surface area contributed by atoms with Gasteiger partial charge in [0.25, 0.3) is 5.91 Å². The lowest BCUT2D eigenvalue weighted by atomic mass is 10.1. The number of nitrogens with zero attached hydrogens (tertiary/aromatic N) is 2. The van der Waals surface area contributed by atoms with E-state index in [0.29, 0.717) is 25.3 Å². The maximum Gasteiger partial charge on any atom is 0.365 e. The minimum absolute atomic E-state index is 0.208. The smallest absolute Gasteiger partial charge is 0.365 e. The van der Waals surface area contributed by atoms with Crippen LogP contribution < -0.4 is 0 Å². The Morgan fingerprint density at radius 3 is 2.30 bits per heavy atom. The Balaban J connectivity index is 2.15. The number of carbonyl (C=O) groups excluding carboxylic acids is 2. The van der Waals surface area contributed by atoms with Crippen molar-refractivity contribution in [3.8, 4) is 0 Å². The van der Waals surface area contributed by atoms with E-state index >= 15 is 0 Å². The van der Waals surface area contributed by atoms with Gasteiger partial charge in [-0.05, 0) is 12.6 Å². The minimum Gasteiger partial charge on any atom is -0.439 e. The molecule has 6 nitrogen and oxygen atoms in total. The molecule has 1 amide bonds. The van der Waals surface area contributed by atoms with Gasteiger partial charge in [0.15, 0.2) is 0 Å². The van der Waals surface area contributed by atoms with Crippen molar-refractivity contribution < 1.29 is 19.1 Å². The normalized spacial score (nSPS) is 16.9. The lowest BCUT2D eigenvalue weighted by Crippen LogP contribution is -2.49. The summed E-state index contributed by atoms with van der Waals surface area (Å²) in [4.78, 5) is 27.9. The van der Waals surface area contributed by atoms with Crippen LogP contribution in [0.5, 0.6) is 0 Å². The molecule has 0 saturated carbocycles. The Kier molecular flexibility index (Phi) is 6.44. The molecule has 0 aromatic heterocycles.